The average molecular weight is 774 g/mol. The molecular formula is C51H99NO3. The van der Waals surface area contributed by atoms with E-state index in [1.807, 2.05) is 0 Å². The van der Waals surface area contributed by atoms with Gasteiger partial charge in [0.05, 0.1) is 6.61 Å². The van der Waals surface area contributed by atoms with Crippen LogP contribution in [0.15, 0.2) is 24.8 Å². The van der Waals surface area contributed by atoms with Crippen molar-refractivity contribution in [3.8, 4) is 0 Å². The molecule has 0 fully saturated rings. The highest BCUT2D eigenvalue weighted by molar-refractivity contribution is 5.87. The number of hydrogen-bond donors (Lipinski definition) is 1. The van der Waals surface area contributed by atoms with Gasteiger partial charge in [0, 0.05) is 12.1 Å². The highest BCUT2D eigenvalue weighted by atomic mass is 16.5. The maximum absolute atomic E-state index is 11.2. The second kappa shape index (κ2) is 50.4. The topological polar surface area (TPSA) is 55.4 Å². The van der Waals surface area contributed by atoms with E-state index in [1.165, 1.54) is 250 Å². The summed E-state index contributed by atoms with van der Waals surface area (Å²) >= 11 is 0. The Balaban J connectivity index is 0. The maximum Gasteiger partial charge on any atom is 0.333 e. The van der Waals surface area contributed by atoms with Gasteiger partial charge in [0.15, 0.2) is 0 Å². The van der Waals surface area contributed by atoms with Gasteiger partial charge < -0.3 is 10.1 Å². The molecule has 4 heteroatoms. The van der Waals surface area contributed by atoms with Gasteiger partial charge in [-0.15, -0.1) is 0 Å². The van der Waals surface area contributed by atoms with Gasteiger partial charge in [-0.05, 0) is 25.8 Å². The van der Waals surface area contributed by atoms with Crippen LogP contribution in [0.1, 0.15) is 278 Å². The summed E-state index contributed by atoms with van der Waals surface area (Å²) in [5, 5.41) is 2.83. The number of amides is 1. The van der Waals surface area contributed by atoms with Crippen LogP contribution >= 0.6 is 0 Å². The lowest BCUT2D eigenvalue weighted by molar-refractivity contribution is -0.139. The molecule has 0 aliphatic carbocycles. The number of unbranched alkanes of at least 4 members (excludes halogenated alkanes) is 38. The fourth-order valence-corrected chi connectivity index (χ4v) is 7.31. The number of rotatable bonds is 44. The largest absolute Gasteiger partial charge is 0.462 e. The van der Waals surface area contributed by atoms with Crippen molar-refractivity contribution in [1.82, 2.24) is 5.32 Å². The number of nitrogens with one attached hydrogen (secondary N) is 1. The lowest BCUT2D eigenvalue weighted by Crippen LogP contribution is -2.21. The van der Waals surface area contributed by atoms with Gasteiger partial charge in [0.1, 0.15) is 0 Å². The van der Waals surface area contributed by atoms with Crippen LogP contribution in [0, 0.1) is 0 Å². The fourth-order valence-electron chi connectivity index (χ4n) is 7.31. The maximum atomic E-state index is 11.2. The van der Waals surface area contributed by atoms with E-state index in [-0.39, 0.29) is 11.9 Å². The van der Waals surface area contributed by atoms with Crippen molar-refractivity contribution in [2.75, 3.05) is 13.2 Å². The monoisotopic (exact) mass is 774 g/mol. The summed E-state index contributed by atoms with van der Waals surface area (Å²) in [6, 6.07) is 0. The number of esters is 1. The molecule has 4 nitrogen and oxygen atoms in total. The summed E-state index contributed by atoms with van der Waals surface area (Å²) in [4.78, 5) is 22.2. The molecule has 0 radical (unpaired) electrons. The fraction of sp³-hybridized carbons (Fsp3) is 0.882. The molecule has 0 heterocycles. The molecule has 0 aliphatic heterocycles. The summed E-state index contributed by atoms with van der Waals surface area (Å²) in [6.07, 6.45) is 57.0. The Morgan fingerprint density at radius 1 is 0.418 bits per heavy atom. The van der Waals surface area contributed by atoms with E-state index in [0.717, 1.165) is 19.4 Å². The first-order valence-corrected chi connectivity index (χ1v) is 24.7. The Kier molecular flexibility index (Phi) is 50.9. The first kappa shape index (κ1) is 55.5. The molecule has 0 aromatic carbocycles. The predicted molar refractivity (Wildman–Crippen MR) is 245 cm³/mol. The minimum atomic E-state index is -0.252. The summed E-state index contributed by atoms with van der Waals surface area (Å²) in [7, 11) is 0. The van der Waals surface area contributed by atoms with Crippen molar-refractivity contribution in [3.05, 3.63) is 24.8 Å². The van der Waals surface area contributed by atoms with Gasteiger partial charge in [-0.1, -0.05) is 271 Å². The van der Waals surface area contributed by atoms with Gasteiger partial charge in [-0.25, -0.2) is 4.79 Å². The van der Waals surface area contributed by atoms with Crippen LogP contribution in [-0.4, -0.2) is 25.0 Å². The number of carbonyl (C=O) groups is 2. The zero-order chi connectivity index (χ0) is 40.6. The third-order valence-corrected chi connectivity index (χ3v) is 11.1. The van der Waals surface area contributed by atoms with Crippen LogP contribution in [0.25, 0.3) is 0 Å². The standard InChI is InChI=1S/C26H50O2.C25H49NO/c1-4-5-6-7-8-9-10-11-12-13-14-15-16-17-18-19-20-21-22-23-24-28-26(27)25(2)3;1-3-5-6-7-8-9-10-11-12-13-14-15-16-17-18-19-20-21-22-23-24-26-25(27)4-2/h2,4-24H2,1,3H3;4H,2-3,5-24H2,1H3,(H,26,27). The van der Waals surface area contributed by atoms with Crippen LogP contribution in [0.2, 0.25) is 0 Å². The molecule has 0 aromatic rings. The van der Waals surface area contributed by atoms with E-state index in [9.17, 15) is 9.59 Å². The van der Waals surface area contributed by atoms with Gasteiger partial charge >= 0.3 is 5.97 Å². The van der Waals surface area contributed by atoms with Crippen LogP contribution in [0.4, 0.5) is 0 Å². The zero-order valence-corrected chi connectivity index (χ0v) is 37.9. The molecule has 0 spiro atoms. The van der Waals surface area contributed by atoms with Crippen molar-refractivity contribution in [2.24, 2.45) is 0 Å². The van der Waals surface area contributed by atoms with E-state index >= 15 is 0 Å². The van der Waals surface area contributed by atoms with Crippen molar-refractivity contribution >= 4 is 11.9 Å². The Hall–Kier alpha value is -1.58. The zero-order valence-electron chi connectivity index (χ0n) is 37.9. The number of hydrogen-bond acceptors (Lipinski definition) is 3. The van der Waals surface area contributed by atoms with Gasteiger partial charge in [-0.3, -0.25) is 4.79 Å². The van der Waals surface area contributed by atoms with Crippen molar-refractivity contribution in [1.29, 1.82) is 0 Å². The van der Waals surface area contributed by atoms with Crippen LogP contribution in [0.5, 0.6) is 0 Å². The molecule has 0 aromatic heterocycles. The summed E-state index contributed by atoms with van der Waals surface area (Å²) in [5.41, 5.74) is 0.494. The second-order valence-corrected chi connectivity index (χ2v) is 16.8. The van der Waals surface area contributed by atoms with Gasteiger partial charge in [-0.2, -0.15) is 0 Å². The minimum Gasteiger partial charge on any atom is -0.462 e. The predicted octanol–water partition coefficient (Wildman–Crippen LogP) is 17.0. The molecule has 0 aliphatic rings. The lowest BCUT2D eigenvalue weighted by atomic mass is 10.0. The van der Waals surface area contributed by atoms with E-state index < -0.39 is 0 Å². The van der Waals surface area contributed by atoms with Crippen molar-refractivity contribution < 1.29 is 14.3 Å². The van der Waals surface area contributed by atoms with E-state index in [0.29, 0.717) is 12.2 Å². The molecule has 0 unspecified atom stereocenters. The van der Waals surface area contributed by atoms with Gasteiger partial charge in [0.2, 0.25) is 5.91 Å². The summed E-state index contributed by atoms with van der Waals surface area (Å²) in [5.74, 6) is -0.300. The van der Waals surface area contributed by atoms with Crippen molar-refractivity contribution in [3.63, 3.8) is 0 Å². The highest BCUT2D eigenvalue weighted by Crippen LogP contribution is 2.16. The Labute approximate surface area is 346 Å². The molecule has 0 rings (SSSR count). The minimum absolute atomic E-state index is 0.0483. The van der Waals surface area contributed by atoms with Crippen LogP contribution < -0.4 is 5.32 Å². The molecule has 55 heavy (non-hydrogen) atoms. The Bertz CT molecular complexity index is 793. The lowest BCUT2D eigenvalue weighted by Gasteiger charge is -2.05. The van der Waals surface area contributed by atoms with Gasteiger partial charge in [0.25, 0.3) is 0 Å². The first-order valence-electron chi connectivity index (χ1n) is 24.7. The molecule has 0 bridgehead atoms. The smallest absolute Gasteiger partial charge is 0.333 e. The molecule has 0 atom stereocenters. The molecule has 326 valence electrons. The molecule has 1 N–H and O–H groups in total. The highest BCUT2D eigenvalue weighted by Gasteiger charge is 2.02. The first-order chi connectivity index (χ1) is 27.0. The molecular weight excluding hydrogens is 675 g/mol. The molecule has 0 saturated heterocycles. The molecule has 0 saturated carbocycles. The van der Waals surface area contributed by atoms with Crippen LogP contribution in [0.3, 0.4) is 0 Å². The molecule has 1 amide bonds. The third kappa shape index (κ3) is 52.4. The van der Waals surface area contributed by atoms with E-state index in [4.69, 9.17) is 4.74 Å². The summed E-state index contributed by atoms with van der Waals surface area (Å²) < 4.78 is 5.10. The summed E-state index contributed by atoms with van der Waals surface area (Å²) in [6.45, 7) is 14.7. The number of carbonyl (C=O) groups excluding carboxylic acids is 2. The van der Waals surface area contributed by atoms with E-state index in [1.54, 1.807) is 6.92 Å². The van der Waals surface area contributed by atoms with Crippen molar-refractivity contribution in [2.45, 2.75) is 278 Å². The SMILES string of the molecule is C=C(C)C(=O)OCCCCCCCCCCCCCCCCCCCCCC.C=CC(=O)NCCCCCCCCCCCCCCCCCCCCCC. The Morgan fingerprint density at radius 3 is 0.891 bits per heavy atom. The second-order valence-electron chi connectivity index (χ2n) is 16.8. The normalized spacial score (nSPS) is 10.9. The van der Waals surface area contributed by atoms with Crippen LogP contribution in [-0.2, 0) is 14.3 Å². The van der Waals surface area contributed by atoms with E-state index in [2.05, 4.69) is 32.3 Å². The average Bonchev–Trinajstić information content (AvgIpc) is 3.19. The Morgan fingerprint density at radius 2 is 0.655 bits per heavy atom. The number of ether oxygens (including phenoxy) is 1. The third-order valence-electron chi connectivity index (χ3n) is 11.1. The quantitative estimate of drug-likeness (QED) is 0.0381.